The van der Waals surface area contributed by atoms with Gasteiger partial charge in [0.2, 0.25) is 0 Å². The Labute approximate surface area is 199 Å². The van der Waals surface area contributed by atoms with E-state index in [0.717, 1.165) is 17.7 Å². The molecular formula is C22H21F3N4O5S. The van der Waals surface area contributed by atoms with Crippen LogP contribution in [0.1, 0.15) is 5.56 Å². The summed E-state index contributed by atoms with van der Waals surface area (Å²) >= 11 is 0. The van der Waals surface area contributed by atoms with Crippen molar-refractivity contribution in [2.75, 3.05) is 31.5 Å². The molecule has 1 aliphatic rings. The molecule has 9 nitrogen and oxygen atoms in total. The first-order valence-electron chi connectivity index (χ1n) is 10.5. The fourth-order valence-electron chi connectivity index (χ4n) is 3.50. The van der Waals surface area contributed by atoms with Crippen molar-refractivity contribution in [1.29, 1.82) is 0 Å². The minimum absolute atomic E-state index is 0.204. The summed E-state index contributed by atoms with van der Waals surface area (Å²) in [4.78, 5) is 15.3. The number of hydrogen-bond donors (Lipinski definition) is 1. The summed E-state index contributed by atoms with van der Waals surface area (Å²) in [5, 5.41) is 6.32. The Kier molecular flexibility index (Phi) is 6.98. The van der Waals surface area contributed by atoms with E-state index in [4.69, 9.17) is 9.26 Å². The van der Waals surface area contributed by atoms with E-state index < -0.39 is 20.2 Å². The Morgan fingerprint density at radius 2 is 1.74 bits per heavy atom. The summed E-state index contributed by atoms with van der Waals surface area (Å²) in [6.07, 6.45) is 1.37. The van der Waals surface area contributed by atoms with Gasteiger partial charge in [-0.25, -0.2) is 13.2 Å². The molecule has 0 spiro atoms. The number of halogens is 3. The highest BCUT2D eigenvalue weighted by atomic mass is 32.2. The lowest BCUT2D eigenvalue weighted by Gasteiger charge is -2.34. The zero-order valence-corrected chi connectivity index (χ0v) is 19.1. The highest BCUT2D eigenvalue weighted by molar-refractivity contribution is 7.92. The number of aromatic nitrogens is 1. The summed E-state index contributed by atoms with van der Waals surface area (Å²) in [7, 11) is -5.41. The van der Waals surface area contributed by atoms with Crippen LogP contribution in [0.2, 0.25) is 0 Å². The maximum atomic E-state index is 12.7. The van der Waals surface area contributed by atoms with Gasteiger partial charge >= 0.3 is 11.5 Å². The zero-order chi connectivity index (χ0) is 25.1. The number of nitrogens with one attached hydrogen (secondary N) is 1. The number of alkyl halides is 3. The molecule has 0 atom stereocenters. The van der Waals surface area contributed by atoms with Gasteiger partial charge in [-0.1, -0.05) is 17.3 Å². The summed E-state index contributed by atoms with van der Waals surface area (Å²) < 4.78 is 71.4. The van der Waals surface area contributed by atoms with Crippen LogP contribution in [-0.2, 0) is 16.4 Å². The van der Waals surface area contributed by atoms with Crippen molar-refractivity contribution in [3.05, 3.63) is 66.4 Å². The number of hydrogen-bond acceptors (Lipinski definition) is 7. The van der Waals surface area contributed by atoms with Gasteiger partial charge in [0.15, 0.2) is 5.82 Å². The third kappa shape index (κ3) is 5.92. The van der Waals surface area contributed by atoms with Crippen molar-refractivity contribution in [2.24, 2.45) is 0 Å². The Morgan fingerprint density at radius 3 is 2.37 bits per heavy atom. The molecule has 0 saturated carbocycles. The number of amides is 2. The molecule has 1 aromatic heterocycles. The second-order valence-corrected chi connectivity index (χ2v) is 9.69. The van der Waals surface area contributed by atoms with E-state index in [0.29, 0.717) is 44.3 Å². The lowest BCUT2D eigenvalue weighted by Crippen LogP contribution is -2.49. The molecule has 1 aliphatic heterocycles. The molecule has 0 unspecified atom stereocenters. The number of carbonyl (C=O) groups is 1. The quantitative estimate of drug-likeness (QED) is 0.532. The summed E-state index contributed by atoms with van der Waals surface area (Å²) in [6.45, 7) is 3.00. The summed E-state index contributed by atoms with van der Waals surface area (Å²) in [6, 6.07) is 12.6. The molecule has 1 saturated heterocycles. The molecule has 4 rings (SSSR count). The number of urea groups is 1. The number of ether oxygens (including phenoxy) is 1. The van der Waals surface area contributed by atoms with Gasteiger partial charge < -0.3 is 14.2 Å². The van der Waals surface area contributed by atoms with Crippen LogP contribution in [0.5, 0.6) is 11.5 Å². The van der Waals surface area contributed by atoms with E-state index in [-0.39, 0.29) is 11.8 Å². The smallest absolute Gasteiger partial charge is 0.457 e. The normalized spacial score (nSPS) is 15.1. The average Bonchev–Trinajstić information content (AvgIpc) is 3.32. The van der Waals surface area contributed by atoms with Crippen LogP contribution in [0, 0.1) is 0 Å². The molecule has 2 aromatic carbocycles. The van der Waals surface area contributed by atoms with Crippen LogP contribution in [0.15, 0.2) is 70.3 Å². The van der Waals surface area contributed by atoms with Gasteiger partial charge in [0.1, 0.15) is 17.8 Å². The van der Waals surface area contributed by atoms with Crippen LogP contribution in [0.4, 0.5) is 23.8 Å². The third-order valence-corrected chi connectivity index (χ3v) is 6.81. The first-order valence-corrected chi connectivity index (χ1v) is 12.0. The predicted molar refractivity (Wildman–Crippen MR) is 119 cm³/mol. The molecule has 186 valence electrons. The van der Waals surface area contributed by atoms with Crippen molar-refractivity contribution in [1.82, 2.24) is 15.0 Å². The van der Waals surface area contributed by atoms with E-state index in [9.17, 15) is 26.4 Å². The van der Waals surface area contributed by atoms with E-state index in [2.05, 4.69) is 15.4 Å². The molecule has 2 heterocycles. The Balaban J connectivity index is 1.31. The Bertz CT molecular complexity index is 1260. The van der Waals surface area contributed by atoms with Crippen molar-refractivity contribution < 1.29 is 35.6 Å². The van der Waals surface area contributed by atoms with Gasteiger partial charge in [0.05, 0.1) is 4.90 Å². The number of nitrogens with zero attached hydrogens (tertiary/aromatic N) is 3. The van der Waals surface area contributed by atoms with Crippen LogP contribution in [-0.4, -0.2) is 61.1 Å². The molecule has 0 radical (unpaired) electrons. The highest BCUT2D eigenvalue weighted by Gasteiger charge is 2.46. The van der Waals surface area contributed by atoms with E-state index in [1.807, 2.05) is 6.07 Å². The van der Waals surface area contributed by atoms with Gasteiger partial charge in [0, 0.05) is 38.8 Å². The number of carbonyl (C=O) groups excluding carboxylic acids is 1. The molecule has 1 N–H and O–H groups in total. The second kappa shape index (κ2) is 9.96. The average molecular weight is 510 g/mol. The van der Waals surface area contributed by atoms with Crippen LogP contribution >= 0.6 is 0 Å². The number of anilines is 1. The maximum absolute atomic E-state index is 12.7. The maximum Gasteiger partial charge on any atom is 0.501 e. The monoisotopic (exact) mass is 510 g/mol. The highest BCUT2D eigenvalue weighted by Crippen LogP contribution is 2.32. The standard InChI is InChI=1S/C22H21F3N4O5S/c23-22(24,25)35(31,32)19-6-4-17(5-7-19)34-18-3-1-2-16(14-18)15-28-9-11-29(12-10-28)21(30)26-20-8-13-33-27-20/h1-8,13-14H,9-12,15H2,(H,26,27,30). The number of piperazine rings is 1. The van der Waals surface area contributed by atoms with Crippen molar-refractivity contribution in [3.63, 3.8) is 0 Å². The van der Waals surface area contributed by atoms with Gasteiger partial charge in [0.25, 0.3) is 9.84 Å². The van der Waals surface area contributed by atoms with Crippen molar-refractivity contribution in [3.8, 4) is 11.5 Å². The van der Waals surface area contributed by atoms with E-state index in [1.165, 1.54) is 18.4 Å². The Hall–Kier alpha value is -3.58. The van der Waals surface area contributed by atoms with Gasteiger partial charge in [-0.3, -0.25) is 10.2 Å². The first-order chi connectivity index (χ1) is 16.6. The largest absolute Gasteiger partial charge is 0.501 e. The van der Waals surface area contributed by atoms with Crippen LogP contribution in [0.25, 0.3) is 0 Å². The number of sulfone groups is 1. The molecule has 3 aromatic rings. The fourth-order valence-corrected chi connectivity index (χ4v) is 4.26. The fraction of sp³-hybridized carbons (Fsp3) is 0.273. The first kappa shape index (κ1) is 24.5. The SMILES string of the molecule is O=C(Nc1ccon1)N1CCN(Cc2cccc(Oc3ccc(S(=O)(=O)C(F)(F)F)cc3)c2)CC1. The second-order valence-electron chi connectivity index (χ2n) is 7.75. The predicted octanol–water partition coefficient (Wildman–Crippen LogP) is 4.11. The van der Waals surface area contributed by atoms with Crippen molar-refractivity contribution >= 4 is 21.7 Å². The van der Waals surface area contributed by atoms with Gasteiger partial charge in [-0.2, -0.15) is 13.2 Å². The van der Waals surface area contributed by atoms with Crippen molar-refractivity contribution in [2.45, 2.75) is 16.9 Å². The van der Waals surface area contributed by atoms with E-state index >= 15 is 0 Å². The van der Waals surface area contributed by atoms with Gasteiger partial charge in [-0.05, 0) is 42.0 Å². The molecular weight excluding hydrogens is 489 g/mol. The third-order valence-electron chi connectivity index (χ3n) is 5.31. The minimum atomic E-state index is -5.41. The minimum Gasteiger partial charge on any atom is -0.457 e. The summed E-state index contributed by atoms with van der Waals surface area (Å²) in [5.74, 6) is 1.01. The van der Waals surface area contributed by atoms with Gasteiger partial charge in [-0.15, -0.1) is 0 Å². The number of benzene rings is 2. The van der Waals surface area contributed by atoms with E-state index in [1.54, 1.807) is 29.2 Å². The number of rotatable bonds is 6. The summed E-state index contributed by atoms with van der Waals surface area (Å²) in [5.41, 5.74) is -4.42. The lowest BCUT2D eigenvalue weighted by atomic mass is 10.2. The topological polar surface area (TPSA) is 105 Å². The molecule has 0 aliphatic carbocycles. The molecule has 13 heteroatoms. The molecule has 1 fully saturated rings. The zero-order valence-electron chi connectivity index (χ0n) is 18.2. The van der Waals surface area contributed by atoms with Crippen LogP contribution in [0.3, 0.4) is 0 Å². The Morgan fingerprint density at radius 1 is 1.03 bits per heavy atom. The lowest BCUT2D eigenvalue weighted by molar-refractivity contribution is -0.0436. The molecule has 2 amide bonds. The van der Waals surface area contributed by atoms with Crippen LogP contribution < -0.4 is 10.1 Å². The molecule has 0 bridgehead atoms. The molecule has 35 heavy (non-hydrogen) atoms.